The lowest BCUT2D eigenvalue weighted by atomic mass is 10.1. The molecular formula is C18H17N3O3. The van der Waals surface area contributed by atoms with Gasteiger partial charge in [0.2, 0.25) is 0 Å². The van der Waals surface area contributed by atoms with Gasteiger partial charge in [0.05, 0.1) is 5.52 Å². The monoisotopic (exact) mass is 323 g/mol. The molecule has 4 rings (SSSR count). The van der Waals surface area contributed by atoms with Crippen molar-refractivity contribution in [3.8, 4) is 0 Å². The second-order valence-corrected chi connectivity index (χ2v) is 6.07. The van der Waals surface area contributed by atoms with E-state index in [4.69, 9.17) is 0 Å². The summed E-state index contributed by atoms with van der Waals surface area (Å²) in [6, 6.07) is 9.48. The molecule has 1 fully saturated rings. The maximum Gasteiger partial charge on any atom is 0.342 e. The molecule has 1 saturated heterocycles. The molecule has 1 N–H and O–H groups in total. The van der Waals surface area contributed by atoms with E-state index < -0.39 is 11.5 Å². The number of aromatic carboxylic acids is 1. The van der Waals surface area contributed by atoms with Crippen LogP contribution in [0.5, 0.6) is 0 Å². The van der Waals surface area contributed by atoms with Gasteiger partial charge in [0.1, 0.15) is 11.2 Å². The second kappa shape index (κ2) is 5.63. The van der Waals surface area contributed by atoms with E-state index in [0.717, 1.165) is 43.2 Å². The van der Waals surface area contributed by atoms with E-state index in [1.54, 1.807) is 0 Å². The van der Waals surface area contributed by atoms with Gasteiger partial charge in [-0.1, -0.05) is 18.2 Å². The van der Waals surface area contributed by atoms with Gasteiger partial charge in [-0.05, 0) is 25.3 Å². The fourth-order valence-electron chi connectivity index (χ4n) is 3.43. The second-order valence-electron chi connectivity index (χ2n) is 6.07. The molecule has 3 aromatic rings. The molecular weight excluding hydrogens is 306 g/mol. The maximum absolute atomic E-state index is 12.6. The molecule has 1 aliphatic heterocycles. The molecule has 0 bridgehead atoms. The summed E-state index contributed by atoms with van der Waals surface area (Å²) in [5.74, 6) is -1.26. The molecule has 0 aliphatic carbocycles. The molecule has 122 valence electrons. The minimum atomic E-state index is -1.26. The molecule has 0 atom stereocenters. The molecule has 1 aromatic carbocycles. The maximum atomic E-state index is 12.6. The van der Waals surface area contributed by atoms with E-state index in [1.165, 1.54) is 10.8 Å². The van der Waals surface area contributed by atoms with Gasteiger partial charge in [-0.25, -0.2) is 9.78 Å². The van der Waals surface area contributed by atoms with E-state index in [2.05, 4.69) is 9.88 Å². The molecule has 0 spiro atoms. The van der Waals surface area contributed by atoms with Gasteiger partial charge in [-0.15, -0.1) is 0 Å². The predicted molar refractivity (Wildman–Crippen MR) is 92.0 cm³/mol. The molecule has 3 heterocycles. The van der Waals surface area contributed by atoms with Crippen LogP contribution in [0.4, 0.5) is 5.69 Å². The number of carbonyl (C=O) groups is 1. The lowest BCUT2D eigenvalue weighted by molar-refractivity contribution is 0.0694. The predicted octanol–water partition coefficient (Wildman–Crippen LogP) is 2.54. The minimum absolute atomic E-state index is 0.316. The van der Waals surface area contributed by atoms with E-state index in [0.29, 0.717) is 11.2 Å². The number of hydrogen-bond donors (Lipinski definition) is 1. The average Bonchev–Trinajstić information content (AvgIpc) is 2.61. The topological polar surface area (TPSA) is 74.9 Å². The van der Waals surface area contributed by atoms with Crippen LogP contribution < -0.4 is 10.5 Å². The Kier molecular flexibility index (Phi) is 3.45. The quantitative estimate of drug-likeness (QED) is 0.734. The number of hydrogen-bond acceptors (Lipinski definition) is 4. The van der Waals surface area contributed by atoms with Crippen LogP contribution in [0.25, 0.3) is 16.6 Å². The van der Waals surface area contributed by atoms with Crippen molar-refractivity contribution in [3.05, 3.63) is 52.4 Å². The molecule has 24 heavy (non-hydrogen) atoms. The first kappa shape index (κ1) is 14.7. The fourth-order valence-corrected chi connectivity index (χ4v) is 3.43. The summed E-state index contributed by atoms with van der Waals surface area (Å²) < 4.78 is 1.40. The van der Waals surface area contributed by atoms with Gasteiger partial charge < -0.3 is 10.0 Å². The van der Waals surface area contributed by atoms with Crippen molar-refractivity contribution in [2.75, 3.05) is 18.0 Å². The van der Waals surface area contributed by atoms with Crippen molar-refractivity contribution in [2.24, 2.45) is 0 Å². The van der Waals surface area contributed by atoms with Crippen molar-refractivity contribution >= 4 is 28.2 Å². The van der Waals surface area contributed by atoms with Gasteiger partial charge in [0.25, 0.3) is 5.56 Å². The lowest BCUT2D eigenvalue weighted by Gasteiger charge is -2.30. The number of pyridine rings is 1. The largest absolute Gasteiger partial charge is 0.477 e. The summed E-state index contributed by atoms with van der Waals surface area (Å²) in [7, 11) is 0. The Morgan fingerprint density at radius 3 is 2.62 bits per heavy atom. The highest BCUT2D eigenvalue weighted by molar-refractivity contribution is 5.95. The fraction of sp³-hybridized carbons (Fsp3) is 0.278. The molecule has 0 amide bonds. The van der Waals surface area contributed by atoms with Crippen LogP contribution in [0.2, 0.25) is 0 Å². The summed E-state index contributed by atoms with van der Waals surface area (Å²) >= 11 is 0. The molecule has 0 unspecified atom stereocenters. The van der Waals surface area contributed by atoms with Crippen molar-refractivity contribution in [3.63, 3.8) is 0 Å². The molecule has 0 radical (unpaired) electrons. The van der Waals surface area contributed by atoms with Gasteiger partial charge in [-0.2, -0.15) is 0 Å². The van der Waals surface area contributed by atoms with Crippen LogP contribution in [-0.2, 0) is 0 Å². The average molecular weight is 323 g/mol. The summed E-state index contributed by atoms with van der Waals surface area (Å²) in [6.07, 6.45) is 4.69. The van der Waals surface area contributed by atoms with E-state index in [-0.39, 0.29) is 5.56 Å². The third-order valence-corrected chi connectivity index (χ3v) is 4.60. The van der Waals surface area contributed by atoms with Gasteiger partial charge in [0, 0.05) is 36.4 Å². The number of benzene rings is 1. The zero-order chi connectivity index (χ0) is 16.7. The number of carboxylic acid groups (broad SMARTS) is 1. The standard InChI is InChI=1S/C18H17N3O3/c22-17-13(18(23)24)11-19-16-10-15(20-8-4-1-5-9-20)12-6-2-3-7-14(12)21(16)17/h2-3,6-7,10-11H,1,4-5,8-9H2,(H,23,24). The Hall–Kier alpha value is -2.89. The van der Waals surface area contributed by atoms with E-state index >= 15 is 0 Å². The smallest absolute Gasteiger partial charge is 0.342 e. The first-order valence-corrected chi connectivity index (χ1v) is 8.08. The van der Waals surface area contributed by atoms with Crippen LogP contribution in [0.1, 0.15) is 29.6 Å². The number of piperidine rings is 1. The zero-order valence-electron chi connectivity index (χ0n) is 13.1. The number of nitrogens with zero attached hydrogens (tertiary/aromatic N) is 3. The Balaban J connectivity index is 2.07. The number of anilines is 1. The minimum Gasteiger partial charge on any atom is -0.477 e. The number of aromatic nitrogens is 2. The number of fused-ring (bicyclic) bond motifs is 3. The summed E-state index contributed by atoms with van der Waals surface area (Å²) in [4.78, 5) is 30.4. The third kappa shape index (κ3) is 2.22. The number of carboxylic acids is 1. The van der Waals surface area contributed by atoms with Gasteiger partial charge >= 0.3 is 5.97 Å². The van der Waals surface area contributed by atoms with Crippen molar-refractivity contribution in [2.45, 2.75) is 19.3 Å². The van der Waals surface area contributed by atoms with E-state index in [1.807, 2.05) is 30.3 Å². The number of rotatable bonds is 2. The molecule has 6 nitrogen and oxygen atoms in total. The SMILES string of the molecule is O=C(O)c1cnc2cc(N3CCCCC3)c3ccccc3n2c1=O. The van der Waals surface area contributed by atoms with Crippen molar-refractivity contribution in [1.82, 2.24) is 9.38 Å². The normalized spacial score (nSPS) is 15.1. The molecule has 2 aromatic heterocycles. The summed E-state index contributed by atoms with van der Waals surface area (Å²) in [5, 5.41) is 10.1. The highest BCUT2D eigenvalue weighted by Gasteiger charge is 2.18. The Morgan fingerprint density at radius 1 is 1.12 bits per heavy atom. The molecule has 1 aliphatic rings. The van der Waals surface area contributed by atoms with Crippen LogP contribution in [-0.4, -0.2) is 33.6 Å². The molecule has 0 saturated carbocycles. The zero-order valence-corrected chi connectivity index (χ0v) is 13.1. The Morgan fingerprint density at radius 2 is 1.88 bits per heavy atom. The first-order valence-electron chi connectivity index (χ1n) is 8.08. The van der Waals surface area contributed by atoms with E-state index in [9.17, 15) is 14.7 Å². The Bertz CT molecular complexity index is 1000. The highest BCUT2D eigenvalue weighted by Crippen LogP contribution is 2.30. The first-order chi connectivity index (χ1) is 11.7. The van der Waals surface area contributed by atoms with Crippen LogP contribution >= 0.6 is 0 Å². The van der Waals surface area contributed by atoms with Crippen molar-refractivity contribution < 1.29 is 9.90 Å². The van der Waals surface area contributed by atoms with Gasteiger partial charge in [0.15, 0.2) is 0 Å². The summed E-state index contributed by atoms with van der Waals surface area (Å²) in [6.45, 7) is 1.97. The lowest BCUT2D eigenvalue weighted by Crippen LogP contribution is -2.30. The van der Waals surface area contributed by atoms with Gasteiger partial charge in [-0.3, -0.25) is 9.20 Å². The van der Waals surface area contributed by atoms with Crippen LogP contribution in [0, 0.1) is 0 Å². The van der Waals surface area contributed by atoms with Crippen molar-refractivity contribution in [1.29, 1.82) is 0 Å². The molecule has 6 heteroatoms. The number of para-hydroxylation sites is 1. The Labute approximate surface area is 138 Å². The van der Waals surface area contributed by atoms with Crippen LogP contribution in [0.3, 0.4) is 0 Å². The van der Waals surface area contributed by atoms with Crippen LogP contribution in [0.15, 0.2) is 41.3 Å². The third-order valence-electron chi connectivity index (χ3n) is 4.60. The highest BCUT2D eigenvalue weighted by atomic mass is 16.4. The summed E-state index contributed by atoms with van der Waals surface area (Å²) in [5.41, 5.74) is 1.36.